The average Bonchev–Trinajstić information content (AvgIpc) is 2.66. The zero-order chi connectivity index (χ0) is 13.3. The molecule has 0 radical (unpaired) electrons. The van der Waals surface area contributed by atoms with Gasteiger partial charge in [0.2, 0.25) is 5.76 Å². The van der Waals surface area contributed by atoms with Crippen molar-refractivity contribution >= 4 is 22.6 Å². The van der Waals surface area contributed by atoms with Gasteiger partial charge in [-0.2, -0.15) is 14.0 Å². The molecule has 0 atom stereocenters. The number of alkyl halides is 2. The number of amides is 1. The summed E-state index contributed by atoms with van der Waals surface area (Å²) < 4.78 is 42.1. The molecule has 4 nitrogen and oxygen atoms in total. The highest BCUT2D eigenvalue weighted by molar-refractivity contribution is 6.03. The number of halogens is 3. The molecule has 7 heteroatoms. The molecule has 1 amide bonds. The lowest BCUT2D eigenvalue weighted by Crippen LogP contribution is -2.20. The number of anilines is 1. The van der Waals surface area contributed by atoms with Crippen molar-refractivity contribution < 1.29 is 22.4 Å². The van der Waals surface area contributed by atoms with Crippen LogP contribution in [0.2, 0.25) is 0 Å². The van der Waals surface area contributed by atoms with E-state index in [1.165, 1.54) is 6.07 Å². The first-order valence-electron chi connectivity index (χ1n) is 4.74. The second-order valence-electron chi connectivity index (χ2n) is 3.35. The Labute approximate surface area is 98.6 Å². The summed E-state index contributed by atoms with van der Waals surface area (Å²) in [6.07, 6.45) is -3.22. The summed E-state index contributed by atoms with van der Waals surface area (Å²) in [6, 6.07) is 4.89. The molecular formula is C11H5F3N2O2. The Bertz CT molecular complexity index is 658. The van der Waals surface area contributed by atoms with Gasteiger partial charge < -0.3 is 9.73 Å². The van der Waals surface area contributed by atoms with Crippen molar-refractivity contribution in [1.82, 2.24) is 0 Å². The molecule has 0 saturated carbocycles. The van der Waals surface area contributed by atoms with Crippen LogP contribution in [-0.2, 0) is 4.79 Å². The van der Waals surface area contributed by atoms with Crippen LogP contribution >= 0.6 is 0 Å². The van der Waals surface area contributed by atoms with Gasteiger partial charge in [-0.15, -0.1) is 0 Å². The number of furan rings is 1. The predicted octanol–water partition coefficient (Wildman–Crippen LogP) is 2.65. The van der Waals surface area contributed by atoms with Crippen molar-refractivity contribution in [3.63, 3.8) is 0 Å². The molecule has 0 aliphatic rings. The van der Waals surface area contributed by atoms with Crippen LogP contribution in [0.4, 0.5) is 18.9 Å². The first-order chi connectivity index (χ1) is 8.52. The van der Waals surface area contributed by atoms with Gasteiger partial charge in [-0.25, -0.2) is 4.39 Å². The fourth-order valence-electron chi connectivity index (χ4n) is 1.45. The predicted molar refractivity (Wildman–Crippen MR) is 55.5 cm³/mol. The van der Waals surface area contributed by atoms with E-state index in [4.69, 9.17) is 9.68 Å². The van der Waals surface area contributed by atoms with Crippen LogP contribution in [-0.4, -0.2) is 12.3 Å². The van der Waals surface area contributed by atoms with E-state index in [1.807, 2.05) is 5.32 Å². The smallest absolute Gasteiger partial charge is 0.315 e. The zero-order valence-corrected chi connectivity index (χ0v) is 8.71. The lowest BCUT2D eigenvalue weighted by Gasteiger charge is -2.01. The summed E-state index contributed by atoms with van der Waals surface area (Å²) in [4.78, 5) is 10.9. The van der Waals surface area contributed by atoms with Crippen LogP contribution in [0.5, 0.6) is 0 Å². The number of nitrogens with one attached hydrogen (secondary N) is 1. The molecule has 1 N–H and O–H groups in total. The van der Waals surface area contributed by atoms with Gasteiger partial charge in [-0.1, -0.05) is 0 Å². The van der Waals surface area contributed by atoms with E-state index in [9.17, 15) is 18.0 Å². The second-order valence-corrected chi connectivity index (χ2v) is 3.35. The Morgan fingerprint density at radius 2 is 2.17 bits per heavy atom. The normalized spacial score (nSPS) is 10.6. The van der Waals surface area contributed by atoms with Crippen molar-refractivity contribution in [2.45, 2.75) is 6.43 Å². The van der Waals surface area contributed by atoms with Gasteiger partial charge in [0.1, 0.15) is 23.2 Å². The Morgan fingerprint density at radius 3 is 2.78 bits per heavy atom. The highest BCUT2D eigenvalue weighted by Crippen LogP contribution is 2.31. The summed E-state index contributed by atoms with van der Waals surface area (Å²) in [5.74, 6) is -2.52. The van der Waals surface area contributed by atoms with Crippen LogP contribution < -0.4 is 5.32 Å². The third kappa shape index (κ3) is 2.00. The molecule has 1 aromatic heterocycles. The van der Waals surface area contributed by atoms with E-state index in [2.05, 4.69) is 0 Å². The molecule has 0 saturated heterocycles. The molecule has 2 aromatic rings. The van der Waals surface area contributed by atoms with Gasteiger partial charge in [-0.05, 0) is 12.1 Å². The van der Waals surface area contributed by atoms with Gasteiger partial charge in [0.15, 0.2) is 0 Å². The molecule has 0 fully saturated rings. The standard InChI is InChI=1S/C11H5F3N2O2/c12-5-1-2-6-7(3-5)18-8(4-15)9(6)16-11(17)10(13)14/h1-3,10H,(H,16,17). The number of carbonyl (C=O) groups is 1. The van der Waals surface area contributed by atoms with E-state index in [0.29, 0.717) is 0 Å². The molecule has 0 spiro atoms. The van der Waals surface area contributed by atoms with E-state index >= 15 is 0 Å². The third-order valence-corrected chi connectivity index (χ3v) is 2.20. The minimum Gasteiger partial charge on any atom is -0.443 e. The Hall–Kier alpha value is -2.49. The number of hydrogen-bond donors (Lipinski definition) is 1. The molecule has 92 valence electrons. The quantitative estimate of drug-likeness (QED) is 0.895. The van der Waals surface area contributed by atoms with Gasteiger partial charge >= 0.3 is 6.43 Å². The summed E-state index contributed by atoms with van der Waals surface area (Å²) in [7, 11) is 0. The van der Waals surface area contributed by atoms with E-state index < -0.39 is 18.1 Å². The lowest BCUT2D eigenvalue weighted by atomic mass is 10.2. The molecule has 18 heavy (non-hydrogen) atoms. The maximum absolute atomic E-state index is 12.9. The SMILES string of the molecule is N#Cc1oc2cc(F)ccc2c1NC(=O)C(F)F. The number of benzene rings is 1. The van der Waals surface area contributed by atoms with Gasteiger partial charge in [0.05, 0.1) is 0 Å². The number of carbonyl (C=O) groups excluding carboxylic acids is 1. The molecule has 1 aromatic carbocycles. The number of nitrogens with zero attached hydrogens (tertiary/aromatic N) is 1. The summed E-state index contributed by atoms with van der Waals surface area (Å²) >= 11 is 0. The third-order valence-electron chi connectivity index (χ3n) is 2.20. The molecule has 0 aliphatic carbocycles. The van der Waals surface area contributed by atoms with Crippen LogP contribution in [0, 0.1) is 17.1 Å². The van der Waals surface area contributed by atoms with Gasteiger partial charge in [0.25, 0.3) is 5.91 Å². The van der Waals surface area contributed by atoms with Crippen molar-refractivity contribution in [3.05, 3.63) is 29.8 Å². The number of hydrogen-bond acceptors (Lipinski definition) is 3. The van der Waals surface area contributed by atoms with E-state index in [-0.39, 0.29) is 22.4 Å². The van der Waals surface area contributed by atoms with Crippen molar-refractivity contribution in [1.29, 1.82) is 5.26 Å². The first-order valence-corrected chi connectivity index (χ1v) is 4.74. The Morgan fingerprint density at radius 1 is 1.44 bits per heavy atom. The summed E-state index contributed by atoms with van der Waals surface area (Å²) in [5, 5.41) is 10.8. The lowest BCUT2D eigenvalue weighted by molar-refractivity contribution is -0.126. The van der Waals surface area contributed by atoms with Crippen LogP contribution in [0.25, 0.3) is 11.0 Å². The maximum atomic E-state index is 12.9. The number of rotatable bonds is 2. The Balaban J connectivity index is 2.54. The zero-order valence-electron chi connectivity index (χ0n) is 8.71. The molecule has 0 unspecified atom stereocenters. The maximum Gasteiger partial charge on any atom is 0.315 e. The molecule has 2 rings (SSSR count). The van der Waals surface area contributed by atoms with Crippen molar-refractivity contribution in [2.75, 3.05) is 5.32 Å². The fraction of sp³-hybridized carbons (Fsp3) is 0.0909. The minimum atomic E-state index is -3.22. The van der Waals surface area contributed by atoms with Gasteiger partial charge in [-0.3, -0.25) is 4.79 Å². The largest absolute Gasteiger partial charge is 0.443 e. The first kappa shape index (κ1) is 12.0. The van der Waals surface area contributed by atoms with Crippen LogP contribution in [0.1, 0.15) is 5.76 Å². The van der Waals surface area contributed by atoms with E-state index in [1.54, 1.807) is 6.07 Å². The monoisotopic (exact) mass is 254 g/mol. The molecular weight excluding hydrogens is 249 g/mol. The fourth-order valence-corrected chi connectivity index (χ4v) is 1.45. The van der Waals surface area contributed by atoms with Crippen molar-refractivity contribution in [3.8, 4) is 6.07 Å². The highest BCUT2D eigenvalue weighted by atomic mass is 19.3. The van der Waals surface area contributed by atoms with E-state index in [0.717, 1.165) is 12.1 Å². The number of fused-ring (bicyclic) bond motifs is 1. The minimum absolute atomic E-state index is 0.00360. The van der Waals surface area contributed by atoms with Crippen molar-refractivity contribution in [2.24, 2.45) is 0 Å². The highest BCUT2D eigenvalue weighted by Gasteiger charge is 2.21. The van der Waals surface area contributed by atoms with Crippen LogP contribution in [0.15, 0.2) is 22.6 Å². The average molecular weight is 254 g/mol. The number of nitriles is 1. The topological polar surface area (TPSA) is 66.0 Å². The molecule has 1 heterocycles. The Kier molecular flexibility index (Phi) is 2.93. The van der Waals surface area contributed by atoms with Gasteiger partial charge in [0, 0.05) is 11.5 Å². The molecule has 0 aliphatic heterocycles. The second kappa shape index (κ2) is 4.41. The van der Waals surface area contributed by atoms with Crippen LogP contribution in [0.3, 0.4) is 0 Å². The molecule has 0 bridgehead atoms. The summed E-state index contributed by atoms with van der Waals surface area (Å²) in [6.45, 7) is 0. The summed E-state index contributed by atoms with van der Waals surface area (Å²) in [5.41, 5.74) is -0.186.